The van der Waals surface area contributed by atoms with Crippen molar-refractivity contribution in [2.45, 2.75) is 18.9 Å². The molecule has 0 radical (unpaired) electrons. The predicted octanol–water partition coefficient (Wildman–Crippen LogP) is -0.108. The summed E-state index contributed by atoms with van der Waals surface area (Å²) < 4.78 is 0. The van der Waals surface area contributed by atoms with Gasteiger partial charge in [0.2, 0.25) is 0 Å². The van der Waals surface area contributed by atoms with Crippen molar-refractivity contribution in [2.75, 3.05) is 13.1 Å². The first kappa shape index (κ1) is 9.21. The number of piperidine rings is 1. The van der Waals surface area contributed by atoms with Crippen molar-refractivity contribution < 1.29 is 4.79 Å². The molecule has 0 spiro atoms. The van der Waals surface area contributed by atoms with Gasteiger partial charge < -0.3 is 10.6 Å². The lowest BCUT2D eigenvalue weighted by molar-refractivity contribution is 0.0931. The number of amides is 1. The first-order valence-corrected chi connectivity index (χ1v) is 4.86. The molecular formula is C9H14N4O. The zero-order valence-electron chi connectivity index (χ0n) is 7.92. The lowest BCUT2D eigenvalue weighted by Gasteiger charge is -2.23. The fourth-order valence-corrected chi connectivity index (χ4v) is 1.62. The van der Waals surface area contributed by atoms with Crippen molar-refractivity contribution in [2.24, 2.45) is 0 Å². The van der Waals surface area contributed by atoms with E-state index in [4.69, 9.17) is 0 Å². The van der Waals surface area contributed by atoms with Crippen molar-refractivity contribution in [3.8, 4) is 0 Å². The van der Waals surface area contributed by atoms with Crippen LogP contribution in [0.3, 0.4) is 0 Å². The smallest absolute Gasteiger partial charge is 0.254 e. The summed E-state index contributed by atoms with van der Waals surface area (Å²) in [6, 6.07) is 0.256. The van der Waals surface area contributed by atoms with Crippen molar-refractivity contribution in [1.82, 2.24) is 20.8 Å². The molecule has 0 aliphatic carbocycles. The molecule has 1 atom stereocenters. The molecule has 76 valence electrons. The molecule has 5 nitrogen and oxygen atoms in total. The molecule has 0 saturated carbocycles. The molecule has 14 heavy (non-hydrogen) atoms. The van der Waals surface area contributed by atoms with Crippen LogP contribution in [-0.4, -0.2) is 35.2 Å². The van der Waals surface area contributed by atoms with Gasteiger partial charge in [-0.1, -0.05) is 0 Å². The minimum atomic E-state index is -0.0487. The Morgan fingerprint density at radius 1 is 1.64 bits per heavy atom. The van der Waals surface area contributed by atoms with Crippen molar-refractivity contribution in [3.05, 3.63) is 18.0 Å². The number of aromatic amines is 1. The highest BCUT2D eigenvalue weighted by molar-refractivity contribution is 5.93. The first-order valence-electron chi connectivity index (χ1n) is 4.86. The summed E-state index contributed by atoms with van der Waals surface area (Å²) in [5.74, 6) is -0.0487. The van der Waals surface area contributed by atoms with Crippen LogP contribution in [0, 0.1) is 0 Å². The Hall–Kier alpha value is -1.36. The topological polar surface area (TPSA) is 69.8 Å². The van der Waals surface area contributed by atoms with E-state index in [-0.39, 0.29) is 11.9 Å². The number of aromatic nitrogens is 2. The molecule has 0 aromatic carbocycles. The molecule has 1 aliphatic heterocycles. The van der Waals surface area contributed by atoms with Crippen LogP contribution in [0.1, 0.15) is 23.2 Å². The maximum Gasteiger partial charge on any atom is 0.254 e. The number of nitrogens with zero attached hydrogens (tertiary/aromatic N) is 1. The van der Waals surface area contributed by atoms with Crippen LogP contribution in [0.2, 0.25) is 0 Å². The third-order valence-corrected chi connectivity index (χ3v) is 2.39. The molecule has 1 fully saturated rings. The van der Waals surface area contributed by atoms with Crippen LogP contribution in [0.25, 0.3) is 0 Å². The van der Waals surface area contributed by atoms with Crippen molar-refractivity contribution >= 4 is 5.91 Å². The second-order valence-electron chi connectivity index (χ2n) is 3.50. The Bertz CT molecular complexity index is 290. The molecule has 1 amide bonds. The van der Waals surface area contributed by atoms with E-state index in [1.165, 1.54) is 6.20 Å². The van der Waals surface area contributed by atoms with Gasteiger partial charge in [-0.3, -0.25) is 9.89 Å². The molecule has 2 heterocycles. The van der Waals surface area contributed by atoms with E-state index in [1.54, 1.807) is 6.20 Å². The summed E-state index contributed by atoms with van der Waals surface area (Å²) in [4.78, 5) is 11.6. The Labute approximate surface area is 82.3 Å². The Morgan fingerprint density at radius 2 is 2.57 bits per heavy atom. The van der Waals surface area contributed by atoms with Gasteiger partial charge in [-0.25, -0.2) is 0 Å². The highest BCUT2D eigenvalue weighted by atomic mass is 16.1. The van der Waals surface area contributed by atoms with Gasteiger partial charge in [0, 0.05) is 18.8 Å². The molecule has 5 heteroatoms. The van der Waals surface area contributed by atoms with E-state index in [0.29, 0.717) is 5.56 Å². The van der Waals surface area contributed by atoms with Gasteiger partial charge in [-0.2, -0.15) is 5.10 Å². The van der Waals surface area contributed by atoms with E-state index >= 15 is 0 Å². The average Bonchev–Trinajstić information content (AvgIpc) is 2.72. The van der Waals surface area contributed by atoms with Gasteiger partial charge in [0.05, 0.1) is 11.8 Å². The molecule has 1 aromatic heterocycles. The van der Waals surface area contributed by atoms with Crippen LogP contribution in [-0.2, 0) is 0 Å². The second-order valence-corrected chi connectivity index (χ2v) is 3.50. The van der Waals surface area contributed by atoms with Crippen molar-refractivity contribution in [1.29, 1.82) is 0 Å². The lowest BCUT2D eigenvalue weighted by Crippen LogP contribution is -2.45. The van der Waals surface area contributed by atoms with E-state index < -0.39 is 0 Å². The fourth-order valence-electron chi connectivity index (χ4n) is 1.62. The average molecular weight is 194 g/mol. The summed E-state index contributed by atoms with van der Waals surface area (Å²) in [7, 11) is 0. The van der Waals surface area contributed by atoms with Crippen LogP contribution < -0.4 is 10.6 Å². The number of H-pyrrole nitrogens is 1. The molecule has 0 bridgehead atoms. The van der Waals surface area contributed by atoms with Crippen LogP contribution in [0.5, 0.6) is 0 Å². The number of carbonyl (C=O) groups is 1. The third kappa shape index (κ3) is 2.11. The minimum absolute atomic E-state index is 0.0487. The van der Waals surface area contributed by atoms with Gasteiger partial charge >= 0.3 is 0 Å². The molecule has 0 unspecified atom stereocenters. The van der Waals surface area contributed by atoms with Gasteiger partial charge in [-0.15, -0.1) is 0 Å². The Kier molecular flexibility index (Phi) is 2.78. The molecule has 1 aromatic rings. The van der Waals surface area contributed by atoms with E-state index in [9.17, 15) is 4.79 Å². The number of hydrogen-bond donors (Lipinski definition) is 3. The maximum absolute atomic E-state index is 11.6. The predicted molar refractivity (Wildman–Crippen MR) is 51.9 cm³/mol. The van der Waals surface area contributed by atoms with E-state index in [1.807, 2.05) is 0 Å². The monoisotopic (exact) mass is 194 g/mol. The Balaban J connectivity index is 1.87. The summed E-state index contributed by atoms with van der Waals surface area (Å²) >= 11 is 0. The zero-order chi connectivity index (χ0) is 9.80. The van der Waals surface area contributed by atoms with Gasteiger partial charge in [0.15, 0.2) is 0 Å². The van der Waals surface area contributed by atoms with Gasteiger partial charge in [0.1, 0.15) is 0 Å². The summed E-state index contributed by atoms with van der Waals surface area (Å²) in [5.41, 5.74) is 0.593. The van der Waals surface area contributed by atoms with Gasteiger partial charge in [0.25, 0.3) is 5.91 Å². The van der Waals surface area contributed by atoms with Crippen LogP contribution in [0.15, 0.2) is 12.4 Å². The highest BCUT2D eigenvalue weighted by Crippen LogP contribution is 2.02. The minimum Gasteiger partial charge on any atom is -0.348 e. The quantitative estimate of drug-likeness (QED) is 0.615. The molecular weight excluding hydrogens is 180 g/mol. The fraction of sp³-hybridized carbons (Fsp3) is 0.556. The molecule has 3 N–H and O–H groups in total. The molecule has 1 aliphatic rings. The summed E-state index contributed by atoms with van der Waals surface area (Å²) in [6.07, 6.45) is 5.31. The Morgan fingerprint density at radius 3 is 3.21 bits per heavy atom. The number of carbonyl (C=O) groups excluding carboxylic acids is 1. The normalized spacial score (nSPS) is 21.9. The second kappa shape index (κ2) is 4.23. The van der Waals surface area contributed by atoms with Crippen molar-refractivity contribution in [3.63, 3.8) is 0 Å². The first-order chi connectivity index (χ1) is 6.86. The number of hydrogen-bond acceptors (Lipinski definition) is 3. The van der Waals surface area contributed by atoms with E-state index in [0.717, 1.165) is 25.9 Å². The largest absolute Gasteiger partial charge is 0.348 e. The maximum atomic E-state index is 11.6. The standard InChI is InChI=1S/C9H14N4O/c14-9(7-4-11-12-5-7)13-8-2-1-3-10-6-8/h4-5,8,10H,1-3,6H2,(H,11,12)(H,13,14)/t8-/m1/s1. The summed E-state index contributed by atoms with van der Waals surface area (Å²) in [6.45, 7) is 1.92. The third-order valence-electron chi connectivity index (χ3n) is 2.39. The number of nitrogens with one attached hydrogen (secondary N) is 3. The number of rotatable bonds is 2. The molecule has 2 rings (SSSR count). The highest BCUT2D eigenvalue weighted by Gasteiger charge is 2.16. The SMILES string of the molecule is O=C(N[C@@H]1CCCNC1)c1cn[nH]c1. The van der Waals surface area contributed by atoms with Crippen LogP contribution >= 0.6 is 0 Å². The molecule has 1 saturated heterocycles. The van der Waals surface area contributed by atoms with Gasteiger partial charge in [-0.05, 0) is 19.4 Å². The zero-order valence-corrected chi connectivity index (χ0v) is 7.92. The summed E-state index contributed by atoms with van der Waals surface area (Å²) in [5, 5.41) is 12.6. The van der Waals surface area contributed by atoms with Crippen LogP contribution in [0.4, 0.5) is 0 Å². The van der Waals surface area contributed by atoms with E-state index in [2.05, 4.69) is 20.8 Å². The lowest BCUT2D eigenvalue weighted by atomic mass is 10.1.